The second-order valence-electron chi connectivity index (χ2n) is 12.4. The maximum Gasteiger partial charge on any atom is 0.235 e. The van der Waals surface area contributed by atoms with Crippen molar-refractivity contribution in [1.29, 1.82) is 0 Å². The van der Waals surface area contributed by atoms with Gasteiger partial charge in [-0.1, -0.05) is 13.8 Å². The fourth-order valence-electron chi connectivity index (χ4n) is 6.97. The van der Waals surface area contributed by atoms with Crippen LogP contribution in [-0.2, 0) is 32.1 Å². The Hall–Kier alpha value is -3.02. The summed E-state index contributed by atoms with van der Waals surface area (Å²) in [6.45, 7) is 8.95. The number of phenols is 1. The average Bonchev–Trinajstić information content (AvgIpc) is 2.83. The van der Waals surface area contributed by atoms with Crippen LogP contribution in [0, 0.1) is 35.4 Å². The summed E-state index contributed by atoms with van der Waals surface area (Å²) >= 11 is 0. The molecule has 4 N–H and O–H groups in total. The van der Waals surface area contributed by atoms with E-state index in [1.807, 2.05) is 27.7 Å². The number of halogens is 1. The van der Waals surface area contributed by atoms with Crippen molar-refractivity contribution in [2.45, 2.75) is 64.8 Å². The molecule has 0 bridgehead atoms. The van der Waals surface area contributed by atoms with Gasteiger partial charge in [-0.15, -0.1) is 0 Å². The minimum Gasteiger partial charge on any atom is -0.507 e. The highest BCUT2D eigenvalue weighted by molar-refractivity contribution is 6.32. The standard InChI is InChI=1S/C29H38FN3O7/c1-12(2)10-33(13(3)4)11-15-9-18(34)20-16(22(15)30)7-14-8-17-23(32(5)6)25(36)21(28(31)39)27(38)29(17,40)26(37)19(14)24(20)35/h9,12-14,17,19,21,23,34,40H,7-8,10-11H2,1-6H3,(H2,31,39)/t14-,17-,19?,21?,23-,29-/m0/s1. The fourth-order valence-corrected chi connectivity index (χ4v) is 6.97. The molecule has 0 aromatic heterocycles. The van der Waals surface area contributed by atoms with Gasteiger partial charge in [0.15, 0.2) is 34.7 Å². The van der Waals surface area contributed by atoms with Gasteiger partial charge in [-0.3, -0.25) is 33.8 Å². The van der Waals surface area contributed by atoms with Gasteiger partial charge < -0.3 is 15.9 Å². The number of carbonyl (C=O) groups is 5. The van der Waals surface area contributed by atoms with Crippen LogP contribution in [0.1, 0.15) is 55.6 Å². The number of aromatic hydroxyl groups is 1. The number of hydrogen-bond acceptors (Lipinski definition) is 9. The third kappa shape index (κ3) is 4.48. The second-order valence-corrected chi connectivity index (χ2v) is 12.4. The summed E-state index contributed by atoms with van der Waals surface area (Å²) in [6, 6.07) is 0.0812. The van der Waals surface area contributed by atoms with Crippen molar-refractivity contribution >= 4 is 29.0 Å². The van der Waals surface area contributed by atoms with Crippen molar-refractivity contribution in [3.63, 3.8) is 0 Å². The Balaban J connectivity index is 1.80. The van der Waals surface area contributed by atoms with E-state index in [0.29, 0.717) is 12.5 Å². The first-order chi connectivity index (χ1) is 18.5. The monoisotopic (exact) mass is 559 g/mol. The lowest BCUT2D eigenvalue weighted by Crippen LogP contribution is -2.74. The van der Waals surface area contributed by atoms with Crippen molar-refractivity contribution in [2.24, 2.45) is 35.3 Å². The molecule has 11 heteroatoms. The van der Waals surface area contributed by atoms with Gasteiger partial charge in [-0.2, -0.15) is 0 Å². The number of carbonyl (C=O) groups excluding carboxylic acids is 5. The minimum absolute atomic E-state index is 0.0161. The average molecular weight is 560 g/mol. The maximum absolute atomic E-state index is 16.0. The molecule has 4 rings (SSSR count). The lowest BCUT2D eigenvalue weighted by atomic mass is 9.52. The zero-order chi connectivity index (χ0) is 30.0. The topological polar surface area (TPSA) is 158 Å². The first kappa shape index (κ1) is 30.0. The lowest BCUT2D eigenvalue weighted by Gasteiger charge is -2.52. The Morgan fingerprint density at radius 2 is 1.77 bits per heavy atom. The van der Waals surface area contributed by atoms with Gasteiger partial charge in [0.1, 0.15) is 11.6 Å². The molecule has 2 saturated carbocycles. The van der Waals surface area contributed by atoms with Crippen molar-refractivity contribution in [3.8, 4) is 5.75 Å². The molecule has 218 valence electrons. The number of hydrogen-bond donors (Lipinski definition) is 3. The van der Waals surface area contributed by atoms with Crippen LogP contribution >= 0.6 is 0 Å². The number of aliphatic hydroxyl groups is 1. The molecule has 6 atom stereocenters. The fraction of sp³-hybridized carbons (Fsp3) is 0.621. The number of rotatable bonds is 7. The lowest BCUT2D eigenvalue weighted by molar-refractivity contribution is -0.181. The predicted molar refractivity (Wildman–Crippen MR) is 142 cm³/mol. The Morgan fingerprint density at radius 1 is 1.15 bits per heavy atom. The van der Waals surface area contributed by atoms with Gasteiger partial charge in [-0.05, 0) is 58.7 Å². The first-order valence-electron chi connectivity index (χ1n) is 13.7. The van der Waals surface area contributed by atoms with Crippen LogP contribution in [-0.4, -0.2) is 87.4 Å². The van der Waals surface area contributed by atoms with Crippen LogP contribution in [0.3, 0.4) is 0 Å². The van der Waals surface area contributed by atoms with E-state index in [9.17, 15) is 34.2 Å². The first-order valence-corrected chi connectivity index (χ1v) is 13.7. The van der Waals surface area contributed by atoms with Crippen molar-refractivity contribution in [1.82, 2.24) is 9.80 Å². The molecule has 1 amide bonds. The molecule has 1 aromatic rings. The van der Waals surface area contributed by atoms with Crippen LogP contribution in [0.4, 0.5) is 4.39 Å². The highest BCUT2D eigenvalue weighted by Crippen LogP contribution is 2.51. The summed E-state index contributed by atoms with van der Waals surface area (Å²) in [6.07, 6.45) is -0.231. The molecule has 10 nitrogen and oxygen atoms in total. The number of fused-ring (bicyclic) bond motifs is 3. The number of phenolic OH excluding ortho intramolecular Hbond substituents is 1. The number of nitrogens with zero attached hydrogens (tertiary/aromatic N) is 2. The van der Waals surface area contributed by atoms with Gasteiger partial charge in [0.05, 0.1) is 17.5 Å². The van der Waals surface area contributed by atoms with Crippen LogP contribution in [0.5, 0.6) is 5.75 Å². The molecule has 0 radical (unpaired) electrons. The highest BCUT2D eigenvalue weighted by atomic mass is 19.1. The quantitative estimate of drug-likeness (QED) is 0.412. The highest BCUT2D eigenvalue weighted by Gasteiger charge is 2.69. The van der Waals surface area contributed by atoms with Gasteiger partial charge in [0, 0.05) is 36.2 Å². The molecule has 0 heterocycles. The molecular formula is C29H38FN3O7. The Bertz CT molecular complexity index is 1290. The largest absolute Gasteiger partial charge is 0.507 e. The van der Waals surface area contributed by atoms with Crippen LogP contribution < -0.4 is 5.73 Å². The normalized spacial score (nSPS) is 30.2. The number of primary amides is 1. The number of likely N-dealkylation sites (N-methyl/N-ethyl adjacent to an activating group) is 1. The summed E-state index contributed by atoms with van der Waals surface area (Å²) in [5, 5.41) is 22.5. The maximum atomic E-state index is 16.0. The smallest absolute Gasteiger partial charge is 0.235 e. The molecule has 3 aliphatic rings. The second kappa shape index (κ2) is 10.4. The van der Waals surface area contributed by atoms with Crippen molar-refractivity contribution in [2.75, 3.05) is 20.6 Å². The zero-order valence-corrected chi connectivity index (χ0v) is 23.7. The number of amides is 1. The van der Waals surface area contributed by atoms with E-state index in [1.165, 1.54) is 25.1 Å². The Labute approximate surface area is 232 Å². The van der Waals surface area contributed by atoms with Crippen molar-refractivity contribution < 1.29 is 38.6 Å². The van der Waals surface area contributed by atoms with Crippen LogP contribution in [0.25, 0.3) is 0 Å². The third-order valence-electron chi connectivity index (χ3n) is 8.77. The van der Waals surface area contributed by atoms with E-state index in [1.54, 1.807) is 0 Å². The molecule has 0 aliphatic heterocycles. The van der Waals surface area contributed by atoms with Gasteiger partial charge in [0.25, 0.3) is 0 Å². The molecule has 1 aromatic carbocycles. The number of ketones is 4. The molecule has 2 unspecified atom stereocenters. The van der Waals surface area contributed by atoms with E-state index in [2.05, 4.69) is 4.90 Å². The van der Waals surface area contributed by atoms with Crippen LogP contribution in [0.15, 0.2) is 6.07 Å². The minimum atomic E-state index is -2.81. The molecule has 2 fully saturated rings. The van der Waals surface area contributed by atoms with E-state index in [4.69, 9.17) is 5.73 Å². The van der Waals surface area contributed by atoms with E-state index in [0.717, 1.165) is 0 Å². The number of benzene rings is 1. The summed E-state index contributed by atoms with van der Waals surface area (Å²) < 4.78 is 16.0. The van der Waals surface area contributed by atoms with E-state index < -0.39 is 75.9 Å². The van der Waals surface area contributed by atoms with Gasteiger partial charge in [0.2, 0.25) is 5.91 Å². The Kier molecular flexibility index (Phi) is 7.81. The van der Waals surface area contributed by atoms with E-state index in [-0.39, 0.29) is 42.1 Å². The zero-order valence-electron chi connectivity index (χ0n) is 23.7. The SMILES string of the molecule is CC(C)CN(Cc1cc(O)c2c(c1F)C[C@H]1C[C@H]3[C@H](N(C)C)C(=O)C(C(N)=O)C(=O)[C@@]3(O)C(=O)C1C2=O)C(C)C. The summed E-state index contributed by atoms with van der Waals surface area (Å²) in [7, 11) is 3.02. The predicted octanol–water partition coefficient (Wildman–Crippen LogP) is 0.873. The number of Topliss-reactive ketones (excluding diaryl/α,β-unsaturated/α-hetero) is 4. The molecular weight excluding hydrogens is 521 g/mol. The van der Waals surface area contributed by atoms with Gasteiger partial charge in [-0.25, -0.2) is 4.39 Å². The molecule has 3 aliphatic carbocycles. The summed E-state index contributed by atoms with van der Waals surface area (Å²) in [5.41, 5.74) is 2.38. The molecule has 40 heavy (non-hydrogen) atoms. The Morgan fingerprint density at radius 3 is 2.30 bits per heavy atom. The summed E-state index contributed by atoms with van der Waals surface area (Å²) in [4.78, 5) is 69.5. The summed E-state index contributed by atoms with van der Waals surface area (Å²) in [5.74, 6) is -12.0. The van der Waals surface area contributed by atoms with Gasteiger partial charge >= 0.3 is 0 Å². The molecule has 0 saturated heterocycles. The number of nitrogens with two attached hydrogens (primary N) is 1. The van der Waals surface area contributed by atoms with Crippen LogP contribution in [0.2, 0.25) is 0 Å². The molecule has 0 spiro atoms. The van der Waals surface area contributed by atoms with E-state index >= 15 is 4.39 Å². The third-order valence-corrected chi connectivity index (χ3v) is 8.77. The van der Waals surface area contributed by atoms with Crippen molar-refractivity contribution in [3.05, 3.63) is 28.6 Å².